The molecule has 0 aromatic heterocycles. The van der Waals surface area contributed by atoms with Crippen molar-refractivity contribution >= 4 is 11.1 Å². The molecule has 0 aliphatic heterocycles. The summed E-state index contributed by atoms with van der Waals surface area (Å²) in [4.78, 5) is 0.745. The Labute approximate surface area is 68.9 Å². The van der Waals surface area contributed by atoms with E-state index in [1.165, 1.54) is 7.11 Å². The van der Waals surface area contributed by atoms with Crippen molar-refractivity contribution in [3.63, 3.8) is 0 Å². The Hall–Kier alpha value is -0.670. The molecule has 0 saturated heterocycles. The highest BCUT2D eigenvalue weighted by Gasteiger charge is 2.03. The van der Waals surface area contributed by atoms with Gasteiger partial charge in [-0.2, -0.15) is 0 Å². The van der Waals surface area contributed by atoms with Gasteiger partial charge < -0.3 is 0 Å². The molecule has 1 atom stereocenters. The summed E-state index contributed by atoms with van der Waals surface area (Å²) in [6.45, 7) is 1.91. The molecular weight excluding hydrogens is 160 g/mol. The first-order valence-corrected chi connectivity index (χ1v) is 4.35. The van der Waals surface area contributed by atoms with Crippen LogP contribution in [0.2, 0.25) is 0 Å². The maximum atomic E-state index is 11.1. The smallest absolute Gasteiger partial charge is 0.189 e. The van der Waals surface area contributed by atoms with Crippen molar-refractivity contribution in [2.75, 3.05) is 7.11 Å². The normalized spacial score (nSPS) is 12.9. The zero-order valence-electron chi connectivity index (χ0n) is 6.53. The Kier molecular flexibility index (Phi) is 2.79. The first-order valence-electron chi connectivity index (χ1n) is 3.27. The Bertz CT molecular complexity index is 271. The monoisotopic (exact) mass is 170 g/mol. The highest BCUT2D eigenvalue weighted by molar-refractivity contribution is 7.80. The van der Waals surface area contributed by atoms with Gasteiger partial charge in [-0.1, -0.05) is 18.2 Å². The fourth-order valence-electron chi connectivity index (χ4n) is 0.833. The molecular formula is C8H10O2S. The fourth-order valence-corrected chi connectivity index (χ4v) is 1.53. The maximum absolute atomic E-state index is 11.1. The molecule has 0 bridgehead atoms. The minimum absolute atomic E-state index is 0.745. The lowest BCUT2D eigenvalue weighted by molar-refractivity contribution is 0.445. The molecule has 1 unspecified atom stereocenters. The van der Waals surface area contributed by atoms with E-state index in [1.54, 1.807) is 6.07 Å². The van der Waals surface area contributed by atoms with Gasteiger partial charge in [0.25, 0.3) is 0 Å². The molecule has 1 aromatic rings. The number of hydrogen-bond acceptors (Lipinski definition) is 2. The lowest BCUT2D eigenvalue weighted by Crippen LogP contribution is -1.95. The van der Waals surface area contributed by atoms with Gasteiger partial charge in [-0.15, -0.1) is 0 Å². The highest BCUT2D eigenvalue weighted by Crippen LogP contribution is 2.11. The van der Waals surface area contributed by atoms with Crippen LogP contribution < -0.4 is 0 Å². The third-order valence-electron chi connectivity index (χ3n) is 1.42. The summed E-state index contributed by atoms with van der Waals surface area (Å²) in [5, 5.41) is 0. The van der Waals surface area contributed by atoms with Crippen molar-refractivity contribution in [1.29, 1.82) is 0 Å². The van der Waals surface area contributed by atoms with E-state index in [-0.39, 0.29) is 0 Å². The standard InChI is InChI=1S/C8H10O2S/c1-7-5-3-4-6-8(7)11(9)10-2/h3-6H,1-2H3. The second kappa shape index (κ2) is 3.64. The molecule has 60 valence electrons. The van der Waals surface area contributed by atoms with Gasteiger partial charge in [0.1, 0.15) is 0 Å². The van der Waals surface area contributed by atoms with Crippen molar-refractivity contribution in [3.8, 4) is 0 Å². The van der Waals surface area contributed by atoms with Crippen LogP contribution in [0.25, 0.3) is 0 Å². The summed E-state index contributed by atoms with van der Waals surface area (Å²) in [5.41, 5.74) is 0.993. The molecule has 2 nitrogen and oxygen atoms in total. The minimum atomic E-state index is -1.30. The second-order valence-electron chi connectivity index (χ2n) is 2.17. The van der Waals surface area contributed by atoms with E-state index in [9.17, 15) is 4.21 Å². The number of benzene rings is 1. The van der Waals surface area contributed by atoms with Crippen molar-refractivity contribution in [2.45, 2.75) is 11.8 Å². The van der Waals surface area contributed by atoms with Crippen molar-refractivity contribution in [2.24, 2.45) is 0 Å². The van der Waals surface area contributed by atoms with Gasteiger partial charge in [-0.05, 0) is 18.6 Å². The minimum Gasteiger partial charge on any atom is -0.290 e. The average Bonchev–Trinajstić information content (AvgIpc) is 2.04. The third kappa shape index (κ3) is 1.88. The lowest BCUT2D eigenvalue weighted by atomic mass is 10.2. The average molecular weight is 170 g/mol. The van der Waals surface area contributed by atoms with E-state index < -0.39 is 11.1 Å². The van der Waals surface area contributed by atoms with Crippen LogP contribution >= 0.6 is 0 Å². The topological polar surface area (TPSA) is 26.3 Å². The van der Waals surface area contributed by atoms with E-state index in [0.717, 1.165) is 10.5 Å². The van der Waals surface area contributed by atoms with E-state index in [4.69, 9.17) is 0 Å². The molecule has 1 rings (SSSR count). The molecule has 0 spiro atoms. The van der Waals surface area contributed by atoms with Gasteiger partial charge >= 0.3 is 0 Å². The van der Waals surface area contributed by atoms with Gasteiger partial charge in [-0.25, -0.2) is 4.21 Å². The quantitative estimate of drug-likeness (QED) is 0.674. The van der Waals surface area contributed by atoms with Gasteiger partial charge in [0.2, 0.25) is 0 Å². The Morgan fingerprint density at radius 2 is 2.00 bits per heavy atom. The van der Waals surface area contributed by atoms with Crippen LogP contribution in [0, 0.1) is 6.92 Å². The van der Waals surface area contributed by atoms with Gasteiger partial charge in [0.05, 0.1) is 12.0 Å². The van der Waals surface area contributed by atoms with Crippen LogP contribution in [0.4, 0.5) is 0 Å². The van der Waals surface area contributed by atoms with Crippen LogP contribution in [-0.2, 0) is 15.3 Å². The lowest BCUT2D eigenvalue weighted by Gasteiger charge is -2.01. The van der Waals surface area contributed by atoms with E-state index in [1.807, 2.05) is 25.1 Å². The summed E-state index contributed by atoms with van der Waals surface area (Å²) >= 11 is -1.30. The summed E-state index contributed by atoms with van der Waals surface area (Å²) in [6, 6.07) is 7.46. The predicted octanol–water partition coefficient (Wildman–Crippen LogP) is 1.66. The van der Waals surface area contributed by atoms with E-state index in [0.29, 0.717) is 0 Å². The van der Waals surface area contributed by atoms with E-state index >= 15 is 0 Å². The number of rotatable bonds is 2. The van der Waals surface area contributed by atoms with Gasteiger partial charge in [-0.3, -0.25) is 4.18 Å². The summed E-state index contributed by atoms with van der Waals surface area (Å²) in [6.07, 6.45) is 0. The SMILES string of the molecule is COS(=O)c1ccccc1C. The van der Waals surface area contributed by atoms with Crippen LogP contribution in [0.15, 0.2) is 29.2 Å². The highest BCUT2D eigenvalue weighted by atomic mass is 32.2. The second-order valence-corrected chi connectivity index (χ2v) is 3.41. The molecule has 0 radical (unpaired) electrons. The van der Waals surface area contributed by atoms with E-state index in [2.05, 4.69) is 4.18 Å². The zero-order valence-corrected chi connectivity index (χ0v) is 7.35. The first-order chi connectivity index (χ1) is 5.25. The van der Waals surface area contributed by atoms with Gasteiger partial charge in [0, 0.05) is 0 Å². The third-order valence-corrected chi connectivity index (χ3v) is 2.54. The number of hydrogen-bond donors (Lipinski definition) is 0. The molecule has 11 heavy (non-hydrogen) atoms. The number of aryl methyl sites for hydroxylation is 1. The summed E-state index contributed by atoms with van der Waals surface area (Å²) in [7, 11) is 1.43. The molecule has 1 aromatic carbocycles. The van der Waals surface area contributed by atoms with Crippen LogP contribution in [0.5, 0.6) is 0 Å². The van der Waals surface area contributed by atoms with Crippen molar-refractivity contribution < 1.29 is 8.39 Å². The van der Waals surface area contributed by atoms with Crippen LogP contribution in [0.1, 0.15) is 5.56 Å². The summed E-state index contributed by atoms with van der Waals surface area (Å²) < 4.78 is 15.8. The molecule has 0 aliphatic rings. The molecule has 0 aliphatic carbocycles. The summed E-state index contributed by atoms with van der Waals surface area (Å²) in [5.74, 6) is 0. The molecule has 0 saturated carbocycles. The molecule has 0 N–H and O–H groups in total. The predicted molar refractivity (Wildman–Crippen MR) is 44.6 cm³/mol. The zero-order chi connectivity index (χ0) is 8.27. The fraction of sp³-hybridized carbons (Fsp3) is 0.250. The Balaban J connectivity index is 3.03. The Morgan fingerprint density at radius 1 is 1.36 bits per heavy atom. The van der Waals surface area contributed by atoms with Crippen LogP contribution in [0.3, 0.4) is 0 Å². The maximum Gasteiger partial charge on any atom is 0.189 e. The van der Waals surface area contributed by atoms with Crippen LogP contribution in [-0.4, -0.2) is 11.3 Å². The molecule has 0 fully saturated rings. The van der Waals surface area contributed by atoms with Gasteiger partial charge in [0.15, 0.2) is 11.1 Å². The molecule has 0 heterocycles. The van der Waals surface area contributed by atoms with Crippen molar-refractivity contribution in [1.82, 2.24) is 0 Å². The largest absolute Gasteiger partial charge is 0.290 e. The Morgan fingerprint density at radius 3 is 2.55 bits per heavy atom. The molecule has 3 heteroatoms. The molecule has 0 amide bonds. The van der Waals surface area contributed by atoms with Crippen molar-refractivity contribution in [3.05, 3.63) is 29.8 Å². The first kappa shape index (κ1) is 8.43.